The van der Waals surface area contributed by atoms with E-state index in [9.17, 15) is 0 Å². The molecule has 0 heterocycles. The molecule has 0 fully saturated rings. The topological polar surface area (TPSA) is 20.2 Å². The molecule has 1 nitrogen and oxygen atoms in total. The van der Waals surface area contributed by atoms with E-state index in [-0.39, 0.29) is 6.10 Å². The van der Waals surface area contributed by atoms with Gasteiger partial charge < -0.3 is 5.11 Å². The van der Waals surface area contributed by atoms with Crippen LogP contribution in [0.15, 0.2) is 12.7 Å². The van der Waals surface area contributed by atoms with Crippen molar-refractivity contribution in [3.8, 4) is 0 Å². The van der Waals surface area contributed by atoms with Crippen LogP contribution in [0.4, 0.5) is 0 Å². The third-order valence-electron chi connectivity index (χ3n) is 1.61. The van der Waals surface area contributed by atoms with Crippen molar-refractivity contribution < 1.29 is 5.11 Å². The molecule has 0 spiro atoms. The first-order valence-corrected chi connectivity index (χ1v) is 3.95. The zero-order chi connectivity index (χ0) is 7.98. The Labute approximate surface area is 63.8 Å². The maximum atomic E-state index is 9.00. The predicted molar refractivity (Wildman–Crippen MR) is 44.9 cm³/mol. The Bertz CT molecular complexity index is 86.7. The predicted octanol–water partition coefficient (Wildman–Crippen LogP) is 2.36. The number of aliphatic hydroxyl groups excluding tert-OH is 1. The van der Waals surface area contributed by atoms with Crippen LogP contribution >= 0.6 is 0 Å². The zero-order valence-corrected chi connectivity index (χ0v) is 7.01. The van der Waals surface area contributed by atoms with Crippen molar-refractivity contribution in [3.63, 3.8) is 0 Å². The van der Waals surface area contributed by atoms with Crippen LogP contribution in [0.2, 0.25) is 0 Å². The highest BCUT2D eigenvalue weighted by atomic mass is 16.3. The normalized spacial score (nSPS) is 16.3. The molecule has 0 aliphatic carbocycles. The minimum absolute atomic E-state index is 0.153. The van der Waals surface area contributed by atoms with E-state index in [0.29, 0.717) is 5.92 Å². The molecule has 10 heavy (non-hydrogen) atoms. The van der Waals surface area contributed by atoms with E-state index in [1.165, 1.54) is 0 Å². The lowest BCUT2D eigenvalue weighted by molar-refractivity contribution is 0.162. The van der Waals surface area contributed by atoms with Crippen LogP contribution in [-0.2, 0) is 0 Å². The first-order chi connectivity index (χ1) is 4.66. The summed E-state index contributed by atoms with van der Waals surface area (Å²) in [5.41, 5.74) is 0. The van der Waals surface area contributed by atoms with Gasteiger partial charge in [-0.3, -0.25) is 0 Å². The van der Waals surface area contributed by atoms with Gasteiger partial charge >= 0.3 is 0 Å². The molecule has 0 radical (unpaired) electrons. The van der Waals surface area contributed by atoms with Crippen molar-refractivity contribution in [2.24, 2.45) is 5.92 Å². The molecule has 0 saturated heterocycles. The smallest absolute Gasteiger partial charge is 0.0514 e. The minimum Gasteiger partial charge on any atom is -0.393 e. The molecular formula is C9H18O. The summed E-state index contributed by atoms with van der Waals surface area (Å²) in [6.07, 6.45) is 4.90. The summed E-state index contributed by atoms with van der Waals surface area (Å²) in [5, 5.41) is 9.00. The summed E-state index contributed by atoms with van der Waals surface area (Å²) in [6, 6.07) is 0. The lowest BCUT2D eigenvalue weighted by Gasteiger charge is -2.11. The first kappa shape index (κ1) is 9.70. The van der Waals surface area contributed by atoms with Gasteiger partial charge in [0.1, 0.15) is 0 Å². The Kier molecular flexibility index (Phi) is 5.32. The molecule has 0 aliphatic heterocycles. The number of hydrogen-bond acceptors (Lipinski definition) is 1. The Morgan fingerprint density at radius 1 is 1.50 bits per heavy atom. The Balaban J connectivity index is 3.24. The van der Waals surface area contributed by atoms with Crippen LogP contribution in [0, 0.1) is 5.92 Å². The molecule has 2 atom stereocenters. The maximum absolute atomic E-state index is 9.00. The third kappa shape index (κ3) is 5.83. The van der Waals surface area contributed by atoms with E-state index >= 15 is 0 Å². The molecule has 0 rings (SSSR count). The van der Waals surface area contributed by atoms with E-state index in [4.69, 9.17) is 5.11 Å². The van der Waals surface area contributed by atoms with Gasteiger partial charge in [-0.15, -0.1) is 6.58 Å². The highest BCUT2D eigenvalue weighted by Gasteiger charge is 2.03. The molecule has 0 aromatic heterocycles. The second kappa shape index (κ2) is 5.48. The summed E-state index contributed by atoms with van der Waals surface area (Å²) < 4.78 is 0. The van der Waals surface area contributed by atoms with Gasteiger partial charge in [0, 0.05) is 0 Å². The van der Waals surface area contributed by atoms with Gasteiger partial charge in [0.05, 0.1) is 6.10 Å². The van der Waals surface area contributed by atoms with Crippen LogP contribution in [-0.4, -0.2) is 11.2 Å². The fourth-order valence-corrected chi connectivity index (χ4v) is 1.10. The highest BCUT2D eigenvalue weighted by Crippen LogP contribution is 2.12. The van der Waals surface area contributed by atoms with Gasteiger partial charge in [-0.05, 0) is 32.1 Å². The average molecular weight is 142 g/mol. The molecule has 1 N–H and O–H groups in total. The van der Waals surface area contributed by atoms with E-state index < -0.39 is 0 Å². The van der Waals surface area contributed by atoms with Crippen molar-refractivity contribution in [1.29, 1.82) is 0 Å². The third-order valence-corrected chi connectivity index (χ3v) is 1.61. The Morgan fingerprint density at radius 2 is 2.10 bits per heavy atom. The molecular weight excluding hydrogens is 124 g/mol. The van der Waals surface area contributed by atoms with E-state index in [0.717, 1.165) is 19.3 Å². The standard InChI is InChI=1S/C9H18O/c1-4-5-6-8(2)7-9(3)10/h4,8-10H,1,5-7H2,2-3H3. The number of allylic oxidation sites excluding steroid dienone is 1. The molecule has 0 amide bonds. The van der Waals surface area contributed by atoms with Crippen molar-refractivity contribution in [2.75, 3.05) is 0 Å². The molecule has 1 heteroatoms. The van der Waals surface area contributed by atoms with Gasteiger partial charge in [0.25, 0.3) is 0 Å². The van der Waals surface area contributed by atoms with E-state index in [2.05, 4.69) is 13.5 Å². The van der Waals surface area contributed by atoms with E-state index in [1.54, 1.807) is 0 Å². The van der Waals surface area contributed by atoms with Gasteiger partial charge in [-0.2, -0.15) is 0 Å². The molecule has 0 aromatic carbocycles. The van der Waals surface area contributed by atoms with Crippen LogP contribution < -0.4 is 0 Å². The molecule has 0 saturated carbocycles. The Hall–Kier alpha value is -0.300. The van der Waals surface area contributed by atoms with Gasteiger partial charge in [0.15, 0.2) is 0 Å². The summed E-state index contributed by atoms with van der Waals surface area (Å²) in [7, 11) is 0. The van der Waals surface area contributed by atoms with Crippen molar-refractivity contribution in [2.45, 2.75) is 39.2 Å². The lowest BCUT2D eigenvalue weighted by Crippen LogP contribution is -2.06. The van der Waals surface area contributed by atoms with Gasteiger partial charge in [-0.1, -0.05) is 13.0 Å². The quantitative estimate of drug-likeness (QED) is 0.584. The van der Waals surface area contributed by atoms with Crippen molar-refractivity contribution >= 4 is 0 Å². The zero-order valence-electron chi connectivity index (χ0n) is 7.01. The summed E-state index contributed by atoms with van der Waals surface area (Å²) in [6.45, 7) is 7.65. The van der Waals surface area contributed by atoms with Gasteiger partial charge in [0.2, 0.25) is 0 Å². The van der Waals surface area contributed by atoms with Crippen LogP contribution in [0.5, 0.6) is 0 Å². The summed E-state index contributed by atoms with van der Waals surface area (Å²) in [4.78, 5) is 0. The summed E-state index contributed by atoms with van der Waals surface area (Å²) >= 11 is 0. The van der Waals surface area contributed by atoms with Crippen LogP contribution in [0.1, 0.15) is 33.1 Å². The van der Waals surface area contributed by atoms with Gasteiger partial charge in [-0.25, -0.2) is 0 Å². The van der Waals surface area contributed by atoms with Crippen LogP contribution in [0.25, 0.3) is 0 Å². The Morgan fingerprint density at radius 3 is 2.50 bits per heavy atom. The molecule has 0 aliphatic rings. The van der Waals surface area contributed by atoms with Crippen LogP contribution in [0.3, 0.4) is 0 Å². The highest BCUT2D eigenvalue weighted by molar-refractivity contribution is 4.68. The molecule has 2 unspecified atom stereocenters. The minimum atomic E-state index is -0.153. The largest absolute Gasteiger partial charge is 0.393 e. The first-order valence-electron chi connectivity index (χ1n) is 3.95. The average Bonchev–Trinajstić information content (AvgIpc) is 1.82. The van der Waals surface area contributed by atoms with E-state index in [1.807, 2.05) is 13.0 Å². The van der Waals surface area contributed by atoms with Crippen molar-refractivity contribution in [3.05, 3.63) is 12.7 Å². The lowest BCUT2D eigenvalue weighted by atomic mass is 9.99. The molecule has 0 aromatic rings. The second-order valence-corrected chi connectivity index (χ2v) is 3.06. The number of aliphatic hydroxyl groups is 1. The fourth-order valence-electron chi connectivity index (χ4n) is 1.10. The maximum Gasteiger partial charge on any atom is 0.0514 e. The number of rotatable bonds is 5. The van der Waals surface area contributed by atoms with Crippen molar-refractivity contribution in [1.82, 2.24) is 0 Å². The summed E-state index contributed by atoms with van der Waals surface area (Å²) in [5.74, 6) is 0.623. The molecule has 60 valence electrons. The fraction of sp³-hybridized carbons (Fsp3) is 0.778. The second-order valence-electron chi connectivity index (χ2n) is 3.06. The SMILES string of the molecule is C=CCCC(C)CC(C)O. The molecule has 0 bridgehead atoms. The number of hydrogen-bond donors (Lipinski definition) is 1. The monoisotopic (exact) mass is 142 g/mol.